The maximum atomic E-state index is 12.7. The van der Waals surface area contributed by atoms with Crippen LogP contribution >= 0.6 is 11.3 Å². The minimum Gasteiger partial charge on any atom is -0.491 e. The van der Waals surface area contributed by atoms with Crippen LogP contribution in [0.4, 0.5) is 0 Å². The predicted octanol–water partition coefficient (Wildman–Crippen LogP) is 3.99. The van der Waals surface area contributed by atoms with Crippen LogP contribution in [0.25, 0.3) is 21.0 Å². The zero-order valence-electron chi connectivity index (χ0n) is 21.4. The second-order valence-electron chi connectivity index (χ2n) is 9.80. The van der Waals surface area contributed by atoms with Gasteiger partial charge in [-0.05, 0) is 48.4 Å². The highest BCUT2D eigenvalue weighted by molar-refractivity contribution is 7.18. The summed E-state index contributed by atoms with van der Waals surface area (Å²) >= 11 is 1.66. The Morgan fingerprint density at radius 3 is 2.62 bits per heavy atom. The van der Waals surface area contributed by atoms with Gasteiger partial charge in [0, 0.05) is 38.8 Å². The van der Waals surface area contributed by atoms with E-state index in [9.17, 15) is 9.90 Å². The van der Waals surface area contributed by atoms with E-state index in [4.69, 9.17) is 4.74 Å². The molecule has 0 unspecified atom stereocenters. The Morgan fingerprint density at radius 1 is 1.05 bits per heavy atom. The number of benzene rings is 3. The quantitative estimate of drug-likeness (QED) is 0.349. The number of ether oxygens (including phenoxy) is 1. The summed E-state index contributed by atoms with van der Waals surface area (Å²) < 4.78 is 6.96. The first kappa shape index (κ1) is 25.6. The lowest BCUT2D eigenvalue weighted by Gasteiger charge is -2.35. The van der Waals surface area contributed by atoms with E-state index in [-0.39, 0.29) is 18.6 Å². The smallest absolute Gasteiger partial charge is 0.234 e. The van der Waals surface area contributed by atoms with E-state index in [1.54, 1.807) is 11.3 Å². The van der Waals surface area contributed by atoms with Crippen molar-refractivity contribution in [1.82, 2.24) is 20.1 Å². The number of aliphatic hydroxyl groups is 1. The average molecular weight is 519 g/mol. The number of nitrogens with one attached hydrogen (secondary N) is 1. The molecule has 3 aromatic carbocycles. The SMILES string of the molecule is Cc1nc2cc(OC[C@@H](O)CN3CCN(CC(=O)N[C@@H](C)c4ccc5ccccc5c4)CC3)ccc2s1. The van der Waals surface area contributed by atoms with E-state index in [1.165, 1.54) is 10.8 Å². The molecule has 1 saturated heterocycles. The average Bonchev–Trinajstić information content (AvgIpc) is 3.27. The number of nitrogens with zero attached hydrogens (tertiary/aromatic N) is 3. The first-order chi connectivity index (χ1) is 17.9. The van der Waals surface area contributed by atoms with Gasteiger partial charge in [0.15, 0.2) is 0 Å². The molecule has 1 aliphatic rings. The Hall–Kier alpha value is -3.04. The van der Waals surface area contributed by atoms with Gasteiger partial charge in [0.05, 0.1) is 27.8 Å². The highest BCUT2D eigenvalue weighted by atomic mass is 32.1. The van der Waals surface area contributed by atoms with Crippen LogP contribution < -0.4 is 10.1 Å². The lowest BCUT2D eigenvalue weighted by Crippen LogP contribution is -2.51. The number of thiazole rings is 1. The van der Waals surface area contributed by atoms with Crippen LogP contribution in [-0.4, -0.2) is 77.8 Å². The van der Waals surface area contributed by atoms with Crippen LogP contribution in [0.1, 0.15) is 23.5 Å². The molecule has 2 N–H and O–H groups in total. The third-order valence-corrected chi connectivity index (χ3v) is 7.81. The van der Waals surface area contributed by atoms with Crippen LogP contribution in [0.5, 0.6) is 5.75 Å². The van der Waals surface area contributed by atoms with Crippen molar-refractivity contribution in [2.75, 3.05) is 45.9 Å². The molecule has 194 valence electrons. The summed E-state index contributed by atoms with van der Waals surface area (Å²) in [4.78, 5) is 21.6. The molecule has 4 aromatic rings. The zero-order chi connectivity index (χ0) is 25.8. The third-order valence-electron chi connectivity index (χ3n) is 6.86. The van der Waals surface area contributed by atoms with Gasteiger partial charge >= 0.3 is 0 Å². The number of fused-ring (bicyclic) bond motifs is 2. The van der Waals surface area contributed by atoms with Crippen molar-refractivity contribution in [3.8, 4) is 5.75 Å². The van der Waals surface area contributed by atoms with E-state index >= 15 is 0 Å². The first-order valence-corrected chi connectivity index (χ1v) is 13.7. The zero-order valence-corrected chi connectivity index (χ0v) is 22.2. The number of hydrogen-bond donors (Lipinski definition) is 2. The van der Waals surface area contributed by atoms with Gasteiger partial charge in [0.1, 0.15) is 18.5 Å². The third kappa shape index (κ3) is 6.64. The van der Waals surface area contributed by atoms with E-state index in [2.05, 4.69) is 50.4 Å². The normalized spacial score (nSPS) is 16.6. The monoisotopic (exact) mass is 518 g/mol. The summed E-state index contributed by atoms with van der Waals surface area (Å²) in [5.74, 6) is 0.764. The van der Waals surface area contributed by atoms with E-state index < -0.39 is 6.10 Å². The number of carbonyl (C=O) groups excluding carboxylic acids is 1. The van der Waals surface area contributed by atoms with Crippen molar-refractivity contribution in [3.63, 3.8) is 0 Å². The number of carbonyl (C=O) groups is 1. The topological polar surface area (TPSA) is 77.9 Å². The summed E-state index contributed by atoms with van der Waals surface area (Å²) in [5, 5.41) is 17.1. The van der Waals surface area contributed by atoms with E-state index in [0.717, 1.165) is 52.7 Å². The minimum absolute atomic E-state index is 0.0369. The van der Waals surface area contributed by atoms with Gasteiger partial charge in [0.2, 0.25) is 5.91 Å². The van der Waals surface area contributed by atoms with Gasteiger partial charge < -0.3 is 15.2 Å². The number of aliphatic hydroxyl groups excluding tert-OH is 1. The van der Waals surface area contributed by atoms with Crippen LogP contribution in [0.2, 0.25) is 0 Å². The highest BCUT2D eigenvalue weighted by Gasteiger charge is 2.22. The number of aromatic nitrogens is 1. The van der Waals surface area contributed by atoms with Gasteiger partial charge in [-0.3, -0.25) is 14.6 Å². The minimum atomic E-state index is -0.578. The molecular formula is C29H34N4O3S. The molecule has 1 amide bonds. The van der Waals surface area contributed by atoms with Crippen LogP contribution in [-0.2, 0) is 4.79 Å². The lowest BCUT2D eigenvalue weighted by atomic mass is 10.0. The van der Waals surface area contributed by atoms with Gasteiger partial charge in [-0.25, -0.2) is 4.98 Å². The molecular weight excluding hydrogens is 484 g/mol. The highest BCUT2D eigenvalue weighted by Crippen LogP contribution is 2.25. The van der Waals surface area contributed by atoms with Crippen LogP contribution in [0.15, 0.2) is 60.7 Å². The van der Waals surface area contributed by atoms with Gasteiger partial charge in [-0.1, -0.05) is 36.4 Å². The molecule has 0 radical (unpaired) electrons. The second kappa shape index (κ2) is 11.6. The van der Waals surface area contributed by atoms with Gasteiger partial charge in [-0.2, -0.15) is 0 Å². The molecule has 0 bridgehead atoms. The number of aryl methyl sites for hydroxylation is 1. The molecule has 0 saturated carbocycles. The number of amides is 1. The van der Waals surface area contributed by atoms with Crippen molar-refractivity contribution < 1.29 is 14.6 Å². The fourth-order valence-electron chi connectivity index (χ4n) is 4.84. The van der Waals surface area contributed by atoms with Crippen molar-refractivity contribution in [2.45, 2.75) is 26.0 Å². The molecule has 37 heavy (non-hydrogen) atoms. The molecule has 0 aliphatic carbocycles. The lowest BCUT2D eigenvalue weighted by molar-refractivity contribution is -0.123. The predicted molar refractivity (Wildman–Crippen MR) is 149 cm³/mol. The molecule has 1 aromatic heterocycles. The molecule has 2 atom stereocenters. The Bertz CT molecular complexity index is 1370. The van der Waals surface area contributed by atoms with Crippen molar-refractivity contribution >= 4 is 38.2 Å². The Kier molecular flexibility index (Phi) is 8.00. The first-order valence-electron chi connectivity index (χ1n) is 12.8. The van der Waals surface area contributed by atoms with E-state index in [0.29, 0.717) is 13.1 Å². The summed E-state index contributed by atoms with van der Waals surface area (Å²) in [6, 6.07) is 20.4. The number of piperazine rings is 1. The fraction of sp³-hybridized carbons (Fsp3) is 0.379. The number of hydrogen-bond acceptors (Lipinski definition) is 7. The number of rotatable bonds is 9. The fourth-order valence-corrected chi connectivity index (χ4v) is 5.64. The molecule has 7 nitrogen and oxygen atoms in total. The molecule has 5 rings (SSSR count). The van der Waals surface area contributed by atoms with E-state index in [1.807, 2.05) is 44.2 Å². The van der Waals surface area contributed by atoms with Crippen molar-refractivity contribution in [1.29, 1.82) is 0 Å². The second-order valence-corrected chi connectivity index (χ2v) is 11.0. The standard InChI is InChI=1S/C29H34N4O3S/c1-20(23-8-7-22-5-3-4-6-24(22)15-23)30-29(35)18-33-13-11-32(12-14-33)17-25(34)19-36-26-9-10-28-27(16-26)31-21(2)37-28/h3-10,15-16,20,25,34H,11-14,17-19H2,1-2H3,(H,30,35)/t20-,25-/m0/s1. The Morgan fingerprint density at radius 2 is 1.81 bits per heavy atom. The summed E-state index contributed by atoms with van der Waals surface area (Å²) in [5.41, 5.74) is 2.04. The summed E-state index contributed by atoms with van der Waals surface area (Å²) in [6.07, 6.45) is -0.578. The molecule has 0 spiro atoms. The largest absolute Gasteiger partial charge is 0.491 e. The Balaban J connectivity index is 1.02. The summed E-state index contributed by atoms with van der Waals surface area (Å²) in [6.45, 7) is 8.42. The van der Waals surface area contributed by atoms with Crippen LogP contribution in [0, 0.1) is 6.92 Å². The molecule has 8 heteroatoms. The molecule has 2 heterocycles. The van der Waals surface area contributed by atoms with Gasteiger partial charge in [0.25, 0.3) is 0 Å². The summed E-state index contributed by atoms with van der Waals surface area (Å²) in [7, 11) is 0. The van der Waals surface area contributed by atoms with Gasteiger partial charge in [-0.15, -0.1) is 11.3 Å². The molecule has 1 fully saturated rings. The number of β-amino-alcohol motifs (C(OH)–C–C–N with tert-alkyl or cyclic N) is 1. The Labute approximate surface area is 221 Å². The van der Waals surface area contributed by atoms with Crippen LogP contribution in [0.3, 0.4) is 0 Å². The van der Waals surface area contributed by atoms with Crippen molar-refractivity contribution in [2.24, 2.45) is 0 Å². The maximum absolute atomic E-state index is 12.7. The maximum Gasteiger partial charge on any atom is 0.234 e. The van der Waals surface area contributed by atoms with Crippen molar-refractivity contribution in [3.05, 3.63) is 71.2 Å². The molecule has 1 aliphatic heterocycles.